The molecular weight excluding hydrogens is 178 g/mol. The standard InChI is InChI=1S/C11H17NO2/c1-3-5-11-6-4-8(11)7-12-9(11)10(13)14-2/h3,8-9,12H,1,4-7H2,2H3/t8?,9-,11+/m1/s1. The van der Waals surface area contributed by atoms with Crippen molar-refractivity contribution >= 4 is 5.97 Å². The molecule has 0 aromatic rings. The van der Waals surface area contributed by atoms with Crippen molar-refractivity contribution < 1.29 is 9.53 Å². The van der Waals surface area contributed by atoms with Crippen molar-refractivity contribution in [3.63, 3.8) is 0 Å². The van der Waals surface area contributed by atoms with Gasteiger partial charge < -0.3 is 10.1 Å². The van der Waals surface area contributed by atoms with Gasteiger partial charge in [-0.2, -0.15) is 0 Å². The van der Waals surface area contributed by atoms with Gasteiger partial charge in [0.05, 0.1) is 7.11 Å². The molecule has 78 valence electrons. The number of esters is 1. The summed E-state index contributed by atoms with van der Waals surface area (Å²) in [4.78, 5) is 11.6. The SMILES string of the molecule is C=CC[C@]12CCC1CN[C@@H]2C(=O)OC. The average Bonchev–Trinajstić information content (AvgIpc) is 2.41. The molecule has 1 N–H and O–H groups in total. The molecule has 3 nitrogen and oxygen atoms in total. The molecule has 1 aliphatic carbocycles. The molecule has 14 heavy (non-hydrogen) atoms. The maximum Gasteiger partial charge on any atom is 0.323 e. The molecule has 2 rings (SSSR count). The minimum absolute atomic E-state index is 0.107. The van der Waals surface area contributed by atoms with Crippen LogP contribution in [0.1, 0.15) is 19.3 Å². The summed E-state index contributed by atoms with van der Waals surface area (Å²) >= 11 is 0. The lowest BCUT2D eigenvalue weighted by molar-refractivity contribution is -0.148. The predicted octanol–water partition coefficient (Wildman–Crippen LogP) is 1.10. The largest absolute Gasteiger partial charge is 0.468 e. The maximum absolute atomic E-state index is 11.6. The number of fused-ring (bicyclic) bond motifs is 1. The van der Waals surface area contributed by atoms with Gasteiger partial charge in [-0.25, -0.2) is 0 Å². The van der Waals surface area contributed by atoms with E-state index in [1.807, 2.05) is 6.08 Å². The molecule has 1 saturated carbocycles. The van der Waals surface area contributed by atoms with E-state index in [1.54, 1.807) is 0 Å². The van der Waals surface area contributed by atoms with Crippen molar-refractivity contribution in [1.82, 2.24) is 5.32 Å². The smallest absolute Gasteiger partial charge is 0.323 e. The number of methoxy groups -OCH3 is 1. The van der Waals surface area contributed by atoms with Crippen molar-refractivity contribution in [1.29, 1.82) is 0 Å². The van der Waals surface area contributed by atoms with Crippen molar-refractivity contribution in [3.8, 4) is 0 Å². The molecule has 1 unspecified atom stereocenters. The third-order valence-corrected chi connectivity index (χ3v) is 3.88. The van der Waals surface area contributed by atoms with Crippen LogP contribution in [0, 0.1) is 11.3 Å². The highest BCUT2D eigenvalue weighted by Gasteiger charge is 2.57. The second-order valence-corrected chi connectivity index (χ2v) is 4.33. The van der Waals surface area contributed by atoms with E-state index < -0.39 is 0 Å². The number of allylic oxidation sites excluding steroid dienone is 1. The van der Waals surface area contributed by atoms with Gasteiger partial charge in [0, 0.05) is 5.41 Å². The van der Waals surface area contributed by atoms with E-state index >= 15 is 0 Å². The van der Waals surface area contributed by atoms with E-state index in [0.29, 0.717) is 5.92 Å². The Bertz CT molecular complexity index is 264. The van der Waals surface area contributed by atoms with Gasteiger partial charge in [0.15, 0.2) is 0 Å². The fraction of sp³-hybridized carbons (Fsp3) is 0.727. The summed E-state index contributed by atoms with van der Waals surface area (Å²) in [6, 6.07) is -0.107. The van der Waals surface area contributed by atoms with Crippen LogP contribution in [0.4, 0.5) is 0 Å². The van der Waals surface area contributed by atoms with E-state index in [-0.39, 0.29) is 17.4 Å². The van der Waals surface area contributed by atoms with Crippen LogP contribution in [0.3, 0.4) is 0 Å². The minimum atomic E-state index is -0.117. The van der Waals surface area contributed by atoms with Gasteiger partial charge in [-0.15, -0.1) is 6.58 Å². The molecule has 1 heterocycles. The first kappa shape index (κ1) is 9.71. The van der Waals surface area contributed by atoms with Gasteiger partial charge in [-0.1, -0.05) is 6.08 Å². The monoisotopic (exact) mass is 195 g/mol. The predicted molar refractivity (Wildman–Crippen MR) is 53.8 cm³/mol. The van der Waals surface area contributed by atoms with E-state index in [9.17, 15) is 4.79 Å². The molecule has 3 heteroatoms. The van der Waals surface area contributed by atoms with Gasteiger partial charge >= 0.3 is 5.97 Å². The third-order valence-electron chi connectivity index (χ3n) is 3.88. The number of carbonyl (C=O) groups excluding carboxylic acids is 1. The molecule has 0 spiro atoms. The van der Waals surface area contributed by atoms with E-state index in [2.05, 4.69) is 11.9 Å². The Balaban J connectivity index is 2.17. The zero-order valence-electron chi connectivity index (χ0n) is 8.58. The third kappa shape index (κ3) is 1.12. The Labute approximate surface area is 84.5 Å². The van der Waals surface area contributed by atoms with Crippen LogP contribution in [-0.2, 0) is 9.53 Å². The van der Waals surface area contributed by atoms with Gasteiger partial charge in [0.1, 0.15) is 6.04 Å². The highest BCUT2D eigenvalue weighted by molar-refractivity contribution is 5.77. The molecular formula is C11H17NO2. The zero-order valence-corrected chi connectivity index (χ0v) is 8.58. The fourth-order valence-corrected chi connectivity index (χ4v) is 2.96. The molecule has 0 bridgehead atoms. The van der Waals surface area contributed by atoms with Crippen molar-refractivity contribution in [2.75, 3.05) is 13.7 Å². The van der Waals surface area contributed by atoms with Crippen LogP contribution < -0.4 is 5.32 Å². The summed E-state index contributed by atoms with van der Waals surface area (Å²) in [7, 11) is 1.46. The highest BCUT2D eigenvalue weighted by Crippen LogP contribution is 2.55. The minimum Gasteiger partial charge on any atom is -0.468 e. The fourth-order valence-electron chi connectivity index (χ4n) is 2.96. The van der Waals surface area contributed by atoms with E-state index in [1.165, 1.54) is 13.5 Å². The Kier molecular flexibility index (Phi) is 2.35. The van der Waals surface area contributed by atoms with Gasteiger partial charge in [0.2, 0.25) is 0 Å². The lowest BCUT2D eigenvalue weighted by atomic mass is 9.57. The topological polar surface area (TPSA) is 38.3 Å². The molecule has 2 aliphatic rings. The molecule has 1 aliphatic heterocycles. The average molecular weight is 195 g/mol. The first-order chi connectivity index (χ1) is 6.74. The van der Waals surface area contributed by atoms with Gasteiger partial charge in [-0.3, -0.25) is 4.79 Å². The van der Waals surface area contributed by atoms with E-state index in [0.717, 1.165) is 19.4 Å². The Morgan fingerprint density at radius 3 is 3.07 bits per heavy atom. The second-order valence-electron chi connectivity index (χ2n) is 4.33. The number of nitrogens with one attached hydrogen (secondary N) is 1. The Morgan fingerprint density at radius 2 is 2.57 bits per heavy atom. The molecule has 0 aromatic carbocycles. The molecule has 2 fully saturated rings. The first-order valence-corrected chi connectivity index (χ1v) is 5.16. The summed E-state index contributed by atoms with van der Waals surface area (Å²) in [6.07, 6.45) is 5.20. The van der Waals surface area contributed by atoms with Crippen molar-refractivity contribution in [2.24, 2.45) is 11.3 Å². The Morgan fingerprint density at radius 1 is 1.79 bits per heavy atom. The molecule has 0 aromatic heterocycles. The summed E-state index contributed by atoms with van der Waals surface area (Å²) < 4.78 is 4.82. The lowest BCUT2D eigenvalue weighted by Gasteiger charge is -2.46. The van der Waals surface area contributed by atoms with Crippen molar-refractivity contribution in [3.05, 3.63) is 12.7 Å². The molecule has 1 saturated heterocycles. The van der Waals surface area contributed by atoms with Crippen molar-refractivity contribution in [2.45, 2.75) is 25.3 Å². The number of hydrogen-bond acceptors (Lipinski definition) is 3. The maximum atomic E-state index is 11.6. The first-order valence-electron chi connectivity index (χ1n) is 5.16. The zero-order chi connectivity index (χ0) is 10.2. The van der Waals surface area contributed by atoms with Gasteiger partial charge in [0.25, 0.3) is 0 Å². The molecule has 0 radical (unpaired) electrons. The normalized spacial score (nSPS) is 39.8. The van der Waals surface area contributed by atoms with Crippen LogP contribution in [0.25, 0.3) is 0 Å². The van der Waals surface area contributed by atoms with E-state index in [4.69, 9.17) is 4.74 Å². The van der Waals surface area contributed by atoms with Gasteiger partial charge in [-0.05, 0) is 31.7 Å². The molecule has 3 atom stereocenters. The van der Waals surface area contributed by atoms with Crippen LogP contribution in [0.5, 0.6) is 0 Å². The molecule has 0 amide bonds. The number of ether oxygens (including phenoxy) is 1. The number of carbonyl (C=O) groups is 1. The Hall–Kier alpha value is -0.830. The summed E-state index contributed by atoms with van der Waals surface area (Å²) in [6.45, 7) is 4.73. The van der Waals surface area contributed by atoms with Crippen LogP contribution in [0.2, 0.25) is 0 Å². The summed E-state index contributed by atoms with van der Waals surface area (Å²) in [5, 5.41) is 3.27. The highest BCUT2D eigenvalue weighted by atomic mass is 16.5. The number of hydrogen-bond donors (Lipinski definition) is 1. The summed E-state index contributed by atoms with van der Waals surface area (Å²) in [5.74, 6) is 0.527. The second kappa shape index (κ2) is 3.39. The summed E-state index contributed by atoms with van der Waals surface area (Å²) in [5.41, 5.74) is 0.120. The van der Waals surface area contributed by atoms with Crippen LogP contribution >= 0.6 is 0 Å². The number of rotatable bonds is 3. The van der Waals surface area contributed by atoms with Crippen LogP contribution in [0.15, 0.2) is 12.7 Å². The van der Waals surface area contributed by atoms with Crippen LogP contribution in [-0.4, -0.2) is 25.7 Å². The lowest BCUT2D eigenvalue weighted by Crippen LogP contribution is -2.49. The quantitative estimate of drug-likeness (QED) is 0.541.